The third-order valence-corrected chi connectivity index (χ3v) is 8.04. The minimum Gasteiger partial charge on any atom is -0.482 e. The Bertz CT molecular complexity index is 1410. The molecule has 2 heterocycles. The summed E-state index contributed by atoms with van der Waals surface area (Å²) in [6.45, 7) is 5.34. The first kappa shape index (κ1) is 26.5. The number of carbonyl (C=O) groups excluding carboxylic acids is 1. The van der Waals surface area contributed by atoms with E-state index in [1.165, 1.54) is 10.5 Å². The normalized spacial score (nSPS) is 12.0. The molecule has 0 saturated heterocycles. The maximum Gasteiger partial charge on any atom is 0.344 e. The van der Waals surface area contributed by atoms with Crippen molar-refractivity contribution in [3.63, 3.8) is 0 Å². The topological polar surface area (TPSA) is 104 Å². The molecule has 0 fully saturated rings. The van der Waals surface area contributed by atoms with Crippen LogP contribution in [0.2, 0.25) is 0 Å². The van der Waals surface area contributed by atoms with Crippen LogP contribution in [0, 0.1) is 0 Å². The van der Waals surface area contributed by atoms with Crippen LogP contribution < -0.4 is 4.74 Å². The van der Waals surface area contributed by atoms with Crippen LogP contribution >= 0.6 is 11.3 Å². The van der Waals surface area contributed by atoms with Crippen LogP contribution in [0.15, 0.2) is 82.9 Å². The molecule has 0 radical (unpaired) electrons. The lowest BCUT2D eigenvalue weighted by Gasteiger charge is -2.22. The molecule has 0 aliphatic heterocycles. The molecule has 0 N–H and O–H groups in total. The number of hydrogen-bond donors (Lipinski definition) is 0. The molecule has 4 rings (SSSR count). The Labute approximate surface area is 220 Å². The van der Waals surface area contributed by atoms with E-state index in [9.17, 15) is 13.2 Å². The van der Waals surface area contributed by atoms with Gasteiger partial charge in [-0.2, -0.15) is 9.40 Å². The second-order valence-electron chi connectivity index (χ2n) is 9.21. The highest BCUT2D eigenvalue weighted by atomic mass is 32.2. The smallest absolute Gasteiger partial charge is 0.344 e. The van der Waals surface area contributed by atoms with Gasteiger partial charge < -0.3 is 9.47 Å². The summed E-state index contributed by atoms with van der Waals surface area (Å²) < 4.78 is 40.9. The summed E-state index contributed by atoms with van der Waals surface area (Å²) in [4.78, 5) is 16.1. The van der Waals surface area contributed by atoms with E-state index in [4.69, 9.17) is 9.47 Å². The van der Waals surface area contributed by atoms with Crippen molar-refractivity contribution in [1.82, 2.24) is 19.1 Å². The Morgan fingerprint density at radius 3 is 2.43 bits per heavy atom. The molecule has 0 aliphatic carbocycles. The van der Waals surface area contributed by atoms with Gasteiger partial charge in [-0.05, 0) is 62.2 Å². The van der Waals surface area contributed by atoms with E-state index in [0.717, 1.165) is 22.6 Å². The predicted molar refractivity (Wildman–Crippen MR) is 140 cm³/mol. The molecule has 2 aromatic carbocycles. The summed E-state index contributed by atoms with van der Waals surface area (Å²) in [5, 5.41) is 5.85. The lowest BCUT2D eigenvalue weighted by atomic mass is 10.2. The minimum atomic E-state index is -3.86. The largest absolute Gasteiger partial charge is 0.482 e. The van der Waals surface area contributed by atoms with Crippen molar-refractivity contribution in [2.45, 2.75) is 43.8 Å². The summed E-state index contributed by atoms with van der Waals surface area (Å²) >= 11 is 1.07. The van der Waals surface area contributed by atoms with Crippen LogP contribution in [0.1, 0.15) is 31.9 Å². The number of ether oxygens (including phenoxy) is 2. The molecule has 0 amide bonds. The van der Waals surface area contributed by atoms with Crippen molar-refractivity contribution in [3.05, 3.63) is 89.7 Å². The van der Waals surface area contributed by atoms with Gasteiger partial charge in [-0.15, -0.1) is 11.3 Å². The van der Waals surface area contributed by atoms with Gasteiger partial charge in [0.05, 0.1) is 5.69 Å². The highest BCUT2D eigenvalue weighted by molar-refractivity contribution is 7.91. The van der Waals surface area contributed by atoms with Gasteiger partial charge in [0.2, 0.25) is 4.34 Å². The summed E-state index contributed by atoms with van der Waals surface area (Å²) in [5.41, 5.74) is 1.78. The molecule has 0 atom stereocenters. The molecule has 2 aromatic heterocycles. The van der Waals surface area contributed by atoms with E-state index in [1.54, 1.807) is 55.2 Å². The quantitative estimate of drug-likeness (QED) is 0.274. The summed E-state index contributed by atoms with van der Waals surface area (Å²) in [6, 6.07) is 16.4. The molecule has 11 heteroatoms. The van der Waals surface area contributed by atoms with Crippen LogP contribution in [0.25, 0.3) is 5.69 Å². The van der Waals surface area contributed by atoms with Crippen molar-refractivity contribution in [2.75, 3.05) is 6.61 Å². The molecule has 37 heavy (non-hydrogen) atoms. The molecular weight excluding hydrogens is 512 g/mol. The lowest BCUT2D eigenvalue weighted by molar-refractivity contribution is -0.157. The molecule has 4 aromatic rings. The molecule has 0 unspecified atom stereocenters. The zero-order valence-corrected chi connectivity index (χ0v) is 22.4. The molecule has 194 valence electrons. The maximum atomic E-state index is 13.5. The van der Waals surface area contributed by atoms with Gasteiger partial charge in [0.15, 0.2) is 6.61 Å². The zero-order chi connectivity index (χ0) is 26.5. The highest BCUT2D eigenvalue weighted by Gasteiger charge is 2.27. The average Bonchev–Trinajstić information content (AvgIpc) is 3.57. The van der Waals surface area contributed by atoms with Crippen LogP contribution in [0.5, 0.6) is 5.75 Å². The number of carbonyl (C=O) groups is 1. The minimum absolute atomic E-state index is 0.0259. The van der Waals surface area contributed by atoms with Crippen LogP contribution in [-0.4, -0.2) is 45.7 Å². The third kappa shape index (κ3) is 7.25. The van der Waals surface area contributed by atoms with E-state index in [-0.39, 0.29) is 24.0 Å². The number of rotatable bonds is 10. The first-order valence-corrected chi connectivity index (χ1v) is 13.8. The van der Waals surface area contributed by atoms with E-state index in [0.29, 0.717) is 11.3 Å². The molecule has 0 bridgehead atoms. The second-order valence-corrected chi connectivity index (χ2v) is 12.2. The van der Waals surface area contributed by atoms with Crippen molar-refractivity contribution >= 4 is 27.3 Å². The molecule has 0 saturated carbocycles. The Hall–Kier alpha value is -3.54. The van der Waals surface area contributed by atoms with Gasteiger partial charge in [-0.25, -0.2) is 22.9 Å². The molecule has 0 aliphatic rings. The van der Waals surface area contributed by atoms with Crippen LogP contribution in [0.3, 0.4) is 0 Å². The average molecular weight is 541 g/mol. The van der Waals surface area contributed by atoms with Crippen molar-refractivity contribution < 1.29 is 22.7 Å². The SMILES string of the molecule is CC(C)(C)OC(=O)COc1cccc(CN(Cc2ccc(-n3cccn3)cc2)S(=O)(=O)c2nccs2)c1. The van der Waals surface area contributed by atoms with Crippen LogP contribution in [-0.2, 0) is 32.6 Å². The molecular formula is C26H28N4O5S2. The fraction of sp³-hybridized carbons (Fsp3) is 0.269. The van der Waals surface area contributed by atoms with E-state index in [1.807, 2.05) is 42.6 Å². The van der Waals surface area contributed by atoms with E-state index >= 15 is 0 Å². The fourth-order valence-electron chi connectivity index (χ4n) is 3.50. The number of nitrogens with zero attached hydrogens (tertiary/aromatic N) is 4. The zero-order valence-electron chi connectivity index (χ0n) is 20.8. The highest BCUT2D eigenvalue weighted by Crippen LogP contribution is 2.24. The number of thiazole rings is 1. The summed E-state index contributed by atoms with van der Waals surface area (Å²) in [7, 11) is -3.86. The second kappa shape index (κ2) is 11.2. The third-order valence-electron chi connectivity index (χ3n) is 5.07. The Balaban J connectivity index is 1.52. The predicted octanol–water partition coefficient (Wildman–Crippen LogP) is 4.44. The Kier molecular flexibility index (Phi) is 8.06. The monoisotopic (exact) mass is 540 g/mol. The lowest BCUT2D eigenvalue weighted by Crippen LogP contribution is -2.30. The van der Waals surface area contributed by atoms with E-state index < -0.39 is 21.6 Å². The van der Waals surface area contributed by atoms with Gasteiger partial charge in [0, 0.05) is 37.1 Å². The van der Waals surface area contributed by atoms with Crippen molar-refractivity contribution in [1.29, 1.82) is 0 Å². The van der Waals surface area contributed by atoms with Crippen LogP contribution in [0.4, 0.5) is 0 Å². The standard InChI is InChI=1S/C26H28N4O5S2/c1-26(2,3)35-24(31)19-34-23-7-4-6-21(16-23)18-29(37(32,33)25-27-13-15-36-25)17-20-8-10-22(11-9-20)30-14-5-12-28-30/h4-16H,17-19H2,1-3H3. The van der Waals surface area contributed by atoms with Crippen molar-refractivity contribution in [2.24, 2.45) is 0 Å². The Morgan fingerprint density at radius 1 is 1.03 bits per heavy atom. The van der Waals surface area contributed by atoms with Gasteiger partial charge in [0.25, 0.3) is 10.0 Å². The van der Waals surface area contributed by atoms with Gasteiger partial charge >= 0.3 is 5.97 Å². The van der Waals surface area contributed by atoms with E-state index in [2.05, 4.69) is 10.1 Å². The summed E-state index contributed by atoms with van der Waals surface area (Å²) in [5.74, 6) is -0.0389. The van der Waals surface area contributed by atoms with Crippen molar-refractivity contribution in [3.8, 4) is 11.4 Å². The van der Waals surface area contributed by atoms with Gasteiger partial charge in [-0.3, -0.25) is 0 Å². The number of esters is 1. The number of sulfonamides is 1. The first-order chi connectivity index (χ1) is 17.6. The number of aromatic nitrogens is 3. The molecule has 0 spiro atoms. The summed E-state index contributed by atoms with van der Waals surface area (Å²) in [6.07, 6.45) is 5.01. The number of benzene rings is 2. The first-order valence-electron chi connectivity index (χ1n) is 11.5. The Morgan fingerprint density at radius 2 is 1.78 bits per heavy atom. The molecule has 9 nitrogen and oxygen atoms in total. The maximum absolute atomic E-state index is 13.5. The van der Waals surface area contributed by atoms with Gasteiger partial charge in [-0.1, -0.05) is 24.3 Å². The number of hydrogen-bond acceptors (Lipinski definition) is 8. The fourth-order valence-corrected chi connectivity index (χ4v) is 5.89. The van der Waals surface area contributed by atoms with Gasteiger partial charge in [0.1, 0.15) is 11.4 Å².